The van der Waals surface area contributed by atoms with E-state index in [0.717, 1.165) is 17.8 Å². The molecule has 0 aliphatic rings. The fourth-order valence-corrected chi connectivity index (χ4v) is 1.88. The molecule has 0 heterocycles. The van der Waals surface area contributed by atoms with Crippen molar-refractivity contribution in [3.8, 4) is 5.75 Å². The van der Waals surface area contributed by atoms with Crippen LogP contribution in [-0.4, -0.2) is 6.10 Å². The SMILES string of the molecule is CC(C)Oc1cc(NCc2cc(F)ccc2F)ccc1N. The molecule has 2 rings (SSSR count). The maximum atomic E-state index is 13.5. The van der Waals surface area contributed by atoms with Crippen LogP contribution in [-0.2, 0) is 6.54 Å². The van der Waals surface area contributed by atoms with E-state index >= 15 is 0 Å². The molecule has 0 amide bonds. The first-order valence-corrected chi connectivity index (χ1v) is 6.69. The molecule has 2 aromatic carbocycles. The number of nitrogens with two attached hydrogens (primary N) is 1. The minimum absolute atomic E-state index is 0.00298. The van der Waals surface area contributed by atoms with Crippen LogP contribution < -0.4 is 15.8 Å². The van der Waals surface area contributed by atoms with Crippen LogP contribution in [0.25, 0.3) is 0 Å². The molecular weight excluding hydrogens is 274 g/mol. The van der Waals surface area contributed by atoms with Crippen molar-refractivity contribution < 1.29 is 13.5 Å². The molecule has 21 heavy (non-hydrogen) atoms. The van der Waals surface area contributed by atoms with E-state index < -0.39 is 11.6 Å². The average molecular weight is 292 g/mol. The highest BCUT2D eigenvalue weighted by atomic mass is 19.1. The fourth-order valence-electron chi connectivity index (χ4n) is 1.88. The molecule has 0 spiro atoms. The minimum atomic E-state index is -0.464. The smallest absolute Gasteiger partial charge is 0.144 e. The molecule has 3 N–H and O–H groups in total. The van der Waals surface area contributed by atoms with E-state index in [1.165, 1.54) is 6.07 Å². The van der Waals surface area contributed by atoms with Crippen molar-refractivity contribution in [2.24, 2.45) is 0 Å². The monoisotopic (exact) mass is 292 g/mol. The van der Waals surface area contributed by atoms with Crippen LogP contribution >= 0.6 is 0 Å². The van der Waals surface area contributed by atoms with Gasteiger partial charge in [0, 0.05) is 23.9 Å². The summed E-state index contributed by atoms with van der Waals surface area (Å²) in [5.41, 5.74) is 7.35. The predicted molar refractivity (Wildman–Crippen MR) is 80.3 cm³/mol. The maximum Gasteiger partial charge on any atom is 0.144 e. The summed E-state index contributed by atoms with van der Waals surface area (Å²) < 4.78 is 32.2. The third-order valence-electron chi connectivity index (χ3n) is 2.87. The van der Waals surface area contributed by atoms with Gasteiger partial charge in [0.2, 0.25) is 0 Å². The van der Waals surface area contributed by atoms with Gasteiger partial charge in [-0.2, -0.15) is 0 Å². The maximum absolute atomic E-state index is 13.5. The summed E-state index contributed by atoms with van der Waals surface area (Å²) in [5.74, 6) is -0.345. The first kappa shape index (κ1) is 15.1. The van der Waals surface area contributed by atoms with Crippen LogP contribution in [0.2, 0.25) is 0 Å². The van der Waals surface area contributed by atoms with Crippen molar-refractivity contribution in [1.29, 1.82) is 0 Å². The number of ether oxygens (including phenoxy) is 1. The second-order valence-electron chi connectivity index (χ2n) is 5.01. The highest BCUT2D eigenvalue weighted by molar-refractivity contribution is 5.61. The van der Waals surface area contributed by atoms with E-state index in [9.17, 15) is 8.78 Å². The molecule has 2 aromatic rings. The van der Waals surface area contributed by atoms with Gasteiger partial charge in [-0.15, -0.1) is 0 Å². The van der Waals surface area contributed by atoms with Gasteiger partial charge in [-0.25, -0.2) is 8.78 Å². The number of hydrogen-bond acceptors (Lipinski definition) is 3. The normalized spacial score (nSPS) is 10.7. The van der Waals surface area contributed by atoms with Gasteiger partial charge in [-0.3, -0.25) is 0 Å². The number of hydrogen-bond donors (Lipinski definition) is 2. The summed E-state index contributed by atoms with van der Waals surface area (Å²) in [7, 11) is 0. The van der Waals surface area contributed by atoms with Crippen molar-refractivity contribution in [3.63, 3.8) is 0 Å². The zero-order valence-corrected chi connectivity index (χ0v) is 12.0. The molecule has 0 atom stereocenters. The summed E-state index contributed by atoms with van der Waals surface area (Å²) in [4.78, 5) is 0. The van der Waals surface area contributed by atoms with Crippen LogP contribution in [0.1, 0.15) is 19.4 Å². The summed E-state index contributed by atoms with van der Waals surface area (Å²) in [6.45, 7) is 3.98. The van der Waals surface area contributed by atoms with Crippen molar-refractivity contribution in [2.45, 2.75) is 26.5 Å². The lowest BCUT2D eigenvalue weighted by Crippen LogP contribution is -2.08. The average Bonchev–Trinajstić information content (AvgIpc) is 2.42. The standard InChI is InChI=1S/C16H18F2N2O/c1-10(2)21-16-8-13(4-6-15(16)19)20-9-11-7-12(17)3-5-14(11)18/h3-8,10,20H,9,19H2,1-2H3. The van der Waals surface area contributed by atoms with E-state index in [1.54, 1.807) is 18.2 Å². The molecule has 0 fully saturated rings. The molecule has 0 unspecified atom stereocenters. The van der Waals surface area contributed by atoms with E-state index in [-0.39, 0.29) is 18.2 Å². The zero-order chi connectivity index (χ0) is 15.4. The van der Waals surface area contributed by atoms with Crippen molar-refractivity contribution in [3.05, 3.63) is 53.6 Å². The lowest BCUT2D eigenvalue weighted by atomic mass is 10.2. The molecule has 0 aliphatic heterocycles. The minimum Gasteiger partial charge on any atom is -0.489 e. The molecular formula is C16H18F2N2O. The number of rotatable bonds is 5. The molecule has 0 saturated carbocycles. The molecule has 0 aliphatic carbocycles. The summed E-state index contributed by atoms with van der Waals surface area (Å²) >= 11 is 0. The van der Waals surface area contributed by atoms with Gasteiger partial charge in [0.15, 0.2) is 0 Å². The third-order valence-corrected chi connectivity index (χ3v) is 2.87. The summed E-state index contributed by atoms with van der Waals surface area (Å²) in [5, 5.41) is 3.03. The van der Waals surface area contributed by atoms with E-state index in [0.29, 0.717) is 11.4 Å². The lowest BCUT2D eigenvalue weighted by molar-refractivity contribution is 0.244. The molecule has 0 saturated heterocycles. The number of nitrogen functional groups attached to an aromatic ring is 1. The van der Waals surface area contributed by atoms with Gasteiger partial charge < -0.3 is 15.8 Å². The molecule has 112 valence electrons. The molecule has 0 radical (unpaired) electrons. The first-order chi connectivity index (χ1) is 9.95. The number of halogens is 2. The highest BCUT2D eigenvalue weighted by Gasteiger charge is 2.07. The summed E-state index contributed by atoms with van der Waals surface area (Å²) in [6, 6.07) is 8.60. The Hall–Kier alpha value is -2.30. The van der Waals surface area contributed by atoms with E-state index in [2.05, 4.69) is 5.32 Å². The van der Waals surface area contributed by atoms with Crippen LogP contribution in [0.3, 0.4) is 0 Å². The van der Waals surface area contributed by atoms with Crippen molar-refractivity contribution in [1.82, 2.24) is 0 Å². The zero-order valence-electron chi connectivity index (χ0n) is 12.0. The van der Waals surface area contributed by atoms with Gasteiger partial charge in [0.25, 0.3) is 0 Å². The Bertz CT molecular complexity index is 630. The van der Waals surface area contributed by atoms with Gasteiger partial charge in [0.1, 0.15) is 17.4 Å². The van der Waals surface area contributed by atoms with Crippen molar-refractivity contribution in [2.75, 3.05) is 11.1 Å². The number of nitrogens with one attached hydrogen (secondary N) is 1. The van der Waals surface area contributed by atoms with Gasteiger partial charge in [-0.05, 0) is 44.2 Å². The number of benzene rings is 2. The second-order valence-corrected chi connectivity index (χ2v) is 5.01. The van der Waals surface area contributed by atoms with Gasteiger partial charge in [0.05, 0.1) is 11.8 Å². The van der Waals surface area contributed by atoms with Gasteiger partial charge in [-0.1, -0.05) is 0 Å². The number of anilines is 2. The fraction of sp³-hybridized carbons (Fsp3) is 0.250. The highest BCUT2D eigenvalue weighted by Crippen LogP contribution is 2.27. The van der Waals surface area contributed by atoms with Crippen LogP contribution in [0, 0.1) is 11.6 Å². The Kier molecular flexibility index (Phi) is 4.62. The molecule has 5 heteroatoms. The summed E-state index contributed by atoms with van der Waals surface area (Å²) in [6.07, 6.45) is 0.00298. The van der Waals surface area contributed by atoms with Gasteiger partial charge >= 0.3 is 0 Å². The predicted octanol–water partition coefficient (Wildman–Crippen LogP) is 3.95. The quantitative estimate of drug-likeness (QED) is 0.820. The Morgan fingerprint density at radius 2 is 1.90 bits per heavy atom. The Labute approximate surface area is 122 Å². The first-order valence-electron chi connectivity index (χ1n) is 6.69. The Morgan fingerprint density at radius 3 is 2.62 bits per heavy atom. The lowest BCUT2D eigenvalue weighted by Gasteiger charge is -2.14. The topological polar surface area (TPSA) is 47.3 Å². The van der Waals surface area contributed by atoms with Crippen LogP contribution in [0.15, 0.2) is 36.4 Å². The molecule has 0 bridgehead atoms. The van der Waals surface area contributed by atoms with Crippen LogP contribution in [0.5, 0.6) is 5.75 Å². The largest absolute Gasteiger partial charge is 0.489 e. The van der Waals surface area contributed by atoms with Crippen molar-refractivity contribution >= 4 is 11.4 Å². The van der Waals surface area contributed by atoms with Crippen LogP contribution in [0.4, 0.5) is 20.2 Å². The Balaban J connectivity index is 2.11. The second kappa shape index (κ2) is 6.43. The molecule has 3 nitrogen and oxygen atoms in total. The van der Waals surface area contributed by atoms with E-state index in [1.807, 2.05) is 13.8 Å². The van der Waals surface area contributed by atoms with E-state index in [4.69, 9.17) is 10.5 Å². The molecule has 0 aromatic heterocycles. The Morgan fingerprint density at radius 1 is 1.14 bits per heavy atom. The third kappa shape index (κ3) is 4.08.